The van der Waals surface area contributed by atoms with Crippen molar-refractivity contribution in [1.82, 2.24) is 19.9 Å². The summed E-state index contributed by atoms with van der Waals surface area (Å²) in [6.07, 6.45) is 13.4. The average Bonchev–Trinajstić information content (AvgIpc) is 2.18. The van der Waals surface area contributed by atoms with Crippen molar-refractivity contribution in [3.8, 4) is 5.88 Å². The number of nitrogens with one attached hydrogen (secondary N) is 2. The maximum Gasteiger partial charge on any atom is 0.415 e. The third-order valence-corrected chi connectivity index (χ3v) is 15.1. The van der Waals surface area contributed by atoms with Gasteiger partial charge in [-0.2, -0.15) is 0 Å². The number of aryl methyl sites for hydroxylation is 1. The van der Waals surface area contributed by atoms with Crippen molar-refractivity contribution in [3.63, 3.8) is 0 Å². The van der Waals surface area contributed by atoms with Crippen molar-refractivity contribution in [2.24, 2.45) is 17.8 Å². The minimum absolute atomic E-state index is 0.0546. The summed E-state index contributed by atoms with van der Waals surface area (Å²) in [4.78, 5) is 81.1. The Morgan fingerprint density at radius 2 is 1.39 bits per heavy atom. The molecule has 3 aliphatic rings. The number of allylic oxidation sites excluding steroid dienone is 1. The van der Waals surface area contributed by atoms with Gasteiger partial charge in [-0.3, -0.25) is 29.0 Å². The highest BCUT2D eigenvalue weighted by Crippen LogP contribution is 2.40. The fourth-order valence-corrected chi connectivity index (χ4v) is 9.94. The molecule has 2 N–H and O–H groups in total. The van der Waals surface area contributed by atoms with Crippen LogP contribution in [0.4, 0.5) is 39.2 Å². The van der Waals surface area contributed by atoms with E-state index in [1.54, 1.807) is 29.2 Å². The van der Waals surface area contributed by atoms with Crippen molar-refractivity contribution in [2.45, 2.75) is 194 Å². The molecule has 2 aromatic heterocycles. The van der Waals surface area contributed by atoms with Crippen LogP contribution in [0.25, 0.3) is 0 Å². The number of fused-ring (bicyclic) bond motifs is 2. The first-order valence-corrected chi connectivity index (χ1v) is 32.5. The second-order valence-electron chi connectivity index (χ2n) is 24.9. The first-order valence-electron chi connectivity index (χ1n) is 32.5. The molecule has 3 aromatic carbocycles. The molecule has 89 heavy (non-hydrogen) atoms. The fraction of sp³-hybridized carbons (Fsp3) is 0.534. The monoisotopic (exact) mass is 1220 g/mol. The molecule has 8 rings (SSSR count). The molecule has 488 valence electrons. The van der Waals surface area contributed by atoms with E-state index >= 15 is 0 Å². The molecule has 0 spiro atoms. The van der Waals surface area contributed by atoms with Crippen LogP contribution in [0.2, 0.25) is 0 Å². The van der Waals surface area contributed by atoms with Crippen molar-refractivity contribution in [3.05, 3.63) is 131 Å². The predicted molar refractivity (Wildman–Crippen MR) is 369 cm³/mol. The molecule has 0 aliphatic carbocycles. The lowest BCUT2D eigenvalue weighted by atomic mass is 9.96. The highest BCUT2D eigenvalue weighted by molar-refractivity contribution is 5.96. The molecule has 1 fully saturated rings. The topological polar surface area (TPSA) is 179 Å². The molecule has 3 aliphatic heterocycles. The van der Waals surface area contributed by atoms with Crippen molar-refractivity contribution in [1.29, 1.82) is 0 Å². The summed E-state index contributed by atoms with van der Waals surface area (Å²) in [5.41, 5.74) is 9.49. The van der Waals surface area contributed by atoms with Gasteiger partial charge >= 0.3 is 6.09 Å². The minimum atomic E-state index is -0.621. The number of nitrogens with zero attached hydrogens (tertiary/aromatic N) is 7. The number of hydrogen-bond acceptors (Lipinski definition) is 14. The Morgan fingerprint density at radius 1 is 0.775 bits per heavy atom. The first kappa shape index (κ1) is 75.8. The number of amides is 2. The van der Waals surface area contributed by atoms with Crippen LogP contribution in [0.15, 0.2) is 91.8 Å². The van der Waals surface area contributed by atoms with Crippen LogP contribution < -0.4 is 30.1 Å². The average molecular weight is 1220 g/mol. The zero-order valence-corrected chi connectivity index (χ0v) is 57.4. The summed E-state index contributed by atoms with van der Waals surface area (Å²) in [6, 6.07) is 21.9. The molecule has 0 bridgehead atoms. The number of ketones is 1. The number of rotatable bonds is 18. The van der Waals surface area contributed by atoms with Crippen molar-refractivity contribution < 1.29 is 33.4 Å². The lowest BCUT2D eigenvalue weighted by molar-refractivity contribution is -0.119. The fourth-order valence-electron chi connectivity index (χ4n) is 9.94. The van der Waals surface area contributed by atoms with Gasteiger partial charge in [-0.15, -0.1) is 6.58 Å². The number of anilines is 6. The Hall–Kier alpha value is -7.46. The van der Waals surface area contributed by atoms with Crippen LogP contribution in [-0.4, -0.2) is 108 Å². The number of benzene rings is 3. The molecular weight excluding hydrogens is 1110 g/mol. The van der Waals surface area contributed by atoms with Gasteiger partial charge in [0.15, 0.2) is 12.6 Å². The van der Waals surface area contributed by atoms with E-state index in [0.717, 1.165) is 109 Å². The van der Waals surface area contributed by atoms with Gasteiger partial charge in [0.25, 0.3) is 0 Å². The highest BCUT2D eigenvalue weighted by Gasteiger charge is 2.33. The zero-order chi connectivity index (χ0) is 66.4. The molecule has 5 aromatic rings. The van der Waals surface area contributed by atoms with Gasteiger partial charge in [0.1, 0.15) is 23.7 Å². The number of carbonyl (C=O) groups excluding carboxylic acids is 5. The Labute approximate surface area is 535 Å². The molecule has 0 saturated carbocycles. The largest absolute Gasteiger partial charge is 0.474 e. The molecular formula is C73H109N9O7. The van der Waals surface area contributed by atoms with Crippen LogP contribution in [-0.2, 0) is 27.3 Å². The van der Waals surface area contributed by atoms with Crippen LogP contribution in [0.1, 0.15) is 204 Å². The second-order valence-corrected chi connectivity index (χ2v) is 24.9. The third-order valence-electron chi connectivity index (χ3n) is 15.1. The molecule has 16 heteroatoms. The van der Waals surface area contributed by atoms with E-state index in [-0.39, 0.29) is 11.8 Å². The van der Waals surface area contributed by atoms with Crippen LogP contribution in [0.5, 0.6) is 5.88 Å². The smallest absolute Gasteiger partial charge is 0.415 e. The second kappa shape index (κ2) is 38.8. The van der Waals surface area contributed by atoms with E-state index in [4.69, 9.17) is 14.5 Å². The predicted octanol–water partition coefficient (Wildman–Crippen LogP) is 16.6. The van der Waals surface area contributed by atoms with Gasteiger partial charge < -0.3 is 29.9 Å². The Kier molecular flexibility index (Phi) is 33.1. The van der Waals surface area contributed by atoms with Gasteiger partial charge in [-0.05, 0) is 145 Å². The minimum Gasteiger partial charge on any atom is -0.474 e. The van der Waals surface area contributed by atoms with E-state index in [9.17, 15) is 24.0 Å². The summed E-state index contributed by atoms with van der Waals surface area (Å²) in [5.74, 6) is 3.19. The summed E-state index contributed by atoms with van der Waals surface area (Å²) < 4.78 is 11.6. The number of carbonyl (C=O) groups is 5. The zero-order valence-electron chi connectivity index (χ0n) is 57.4. The van der Waals surface area contributed by atoms with E-state index in [1.807, 2.05) is 118 Å². The lowest BCUT2D eigenvalue weighted by Gasteiger charge is -2.40. The quantitative estimate of drug-likeness (QED) is 0.0625. The Morgan fingerprint density at radius 3 is 1.96 bits per heavy atom. The number of hydrogen-bond donors (Lipinski definition) is 2. The number of aldehydes is 2. The maximum atomic E-state index is 13.4. The molecule has 1 saturated heterocycles. The molecule has 3 unspecified atom stereocenters. The molecule has 5 heterocycles. The van der Waals surface area contributed by atoms with Crippen LogP contribution >= 0.6 is 0 Å². The van der Waals surface area contributed by atoms with Crippen molar-refractivity contribution >= 4 is 64.7 Å². The van der Waals surface area contributed by atoms with E-state index in [2.05, 4.69) is 109 Å². The summed E-state index contributed by atoms with van der Waals surface area (Å²) in [5, 5.41) is 6.47. The number of pyridine rings is 1. The van der Waals surface area contributed by atoms with Crippen LogP contribution in [0.3, 0.4) is 0 Å². The van der Waals surface area contributed by atoms with Gasteiger partial charge in [-0.1, -0.05) is 118 Å². The molecule has 0 radical (unpaired) electrons. The number of ether oxygens (including phenoxy) is 2. The van der Waals surface area contributed by atoms with Gasteiger partial charge in [0.05, 0.1) is 36.6 Å². The number of Topliss-reactive ketones (excluding diaryl/α,β-unsaturated/α-hetero) is 1. The molecule has 3 atom stereocenters. The summed E-state index contributed by atoms with van der Waals surface area (Å²) in [6.45, 7) is 46.6. The van der Waals surface area contributed by atoms with Gasteiger partial charge in [0, 0.05) is 91.6 Å². The summed E-state index contributed by atoms with van der Waals surface area (Å²) >= 11 is 0. The Bertz CT molecular complexity index is 2960. The standard InChI is InChI=1S/C47H63N9O4.C9H8O2.C8H16O.C4H10.C3H6.C2H6/c1-9-31(3)27-38(10-2)53-21-23-54(24-22-53)39-17-15-36(16-18-39)50-43(57)32(4)34-11-13-37(14-12-34)51-45-49-28-35-19-20-55(30-40(35)52-45)41-29-48-44-42(33(41)5)56(25-26-59-44)46(58)60-47(6,7)8;1-7-2-3-8(5-10)9(4-7)6-11;1-4-8(9)6-5-7(2)3;1-4(2)3;1-3-2;1-2/h11-18,28-29,31-32,38H,9-10,19-27,30H2,1-8H3,(H,50,57)(H,49,51,52);2-6H,1H3;7H,4-6H2,1-3H3;4H,1-3H3;3H,1H2,2H3;1-2H3. The number of aromatic nitrogens is 3. The van der Waals surface area contributed by atoms with E-state index in [1.165, 1.54) is 24.9 Å². The van der Waals surface area contributed by atoms with E-state index < -0.39 is 11.7 Å². The molecule has 16 nitrogen and oxygen atoms in total. The SMILES string of the molecule is C=CC.CC.CC(C)C.CCC(=O)CCC(C)C.CCC(C)CC(CC)N1CCN(c2ccc(NC(=O)C(C)c3ccc(Nc4ncc5c(n4)CN(c4cnc6c(c4C)N(C(=O)OC(C)(C)C)CCO6)CC5)cc3)cc2)CC1.Cc1ccc(C=O)c(C=O)c1. The summed E-state index contributed by atoms with van der Waals surface area (Å²) in [7, 11) is 0. The van der Waals surface area contributed by atoms with Crippen molar-refractivity contribution in [2.75, 3.05) is 71.2 Å². The van der Waals surface area contributed by atoms with E-state index in [0.29, 0.717) is 85.1 Å². The Balaban J connectivity index is 0.000000589. The third kappa shape index (κ3) is 25.2. The number of piperazine rings is 1. The van der Waals surface area contributed by atoms with Crippen LogP contribution in [0, 0.1) is 31.6 Å². The maximum absolute atomic E-state index is 13.4. The normalized spacial score (nSPS) is 14.4. The lowest BCUT2D eigenvalue weighted by Crippen LogP contribution is -2.50. The first-order chi connectivity index (χ1) is 42.4. The van der Waals surface area contributed by atoms with Gasteiger partial charge in [-0.25, -0.2) is 19.7 Å². The molecule has 2 amide bonds. The highest BCUT2D eigenvalue weighted by atomic mass is 16.6. The van der Waals surface area contributed by atoms with Gasteiger partial charge in [0.2, 0.25) is 17.7 Å².